The van der Waals surface area contributed by atoms with Crippen LogP contribution in [0.1, 0.15) is 70.1 Å². The molecule has 1 fully saturated rings. The molecule has 1 spiro atoms. The normalized spacial score (nSPS) is 20.2. The number of sulfonamides is 1. The second kappa shape index (κ2) is 25.0. The van der Waals surface area contributed by atoms with E-state index in [1.54, 1.807) is 26.0 Å². The van der Waals surface area contributed by atoms with Crippen molar-refractivity contribution >= 4 is 96.2 Å². The highest BCUT2D eigenvalue weighted by Gasteiger charge is 2.55. The predicted octanol–water partition coefficient (Wildman–Crippen LogP) is 9.75. The molecule has 0 saturated heterocycles. The summed E-state index contributed by atoms with van der Waals surface area (Å²) in [7, 11) is -3.28. The fourth-order valence-corrected chi connectivity index (χ4v) is 11.7. The summed E-state index contributed by atoms with van der Waals surface area (Å²) in [4.78, 5) is 73.6. The molecule has 4 amide bonds. The van der Waals surface area contributed by atoms with E-state index in [1.165, 1.54) is 12.2 Å². The summed E-state index contributed by atoms with van der Waals surface area (Å²) in [5, 5.41) is 17.9. The first kappa shape index (κ1) is 59.8. The SMILES string of the molecule is CCN(CCNS(C)(=O)=O)c1ccc(N=C2C=C(NC(=O)Nc3cccc(C)c3)C(=O)C3=C2NC(=O)C32CCC(C)CC2)cc1.Cc1ccc(C)c(OS(=O)N=C2C=C(Nc3ccc(Nc4ccccc4)cc3)C3=C(C2=O)C(C)(C)C(=O)N3)c1. The number of aryl methyl sites for hydroxylation is 3. The van der Waals surface area contributed by atoms with E-state index in [9.17, 15) is 36.6 Å². The topological polar surface area (TPSA) is 258 Å². The van der Waals surface area contributed by atoms with E-state index in [1.807, 2.05) is 142 Å². The maximum Gasteiger partial charge on any atom is 0.339 e. The van der Waals surface area contributed by atoms with Crippen LogP contribution < -0.4 is 45.7 Å². The van der Waals surface area contributed by atoms with Crippen molar-refractivity contribution in [3.63, 3.8) is 0 Å². The number of aliphatic imine (C=N–C) groups is 1. The van der Waals surface area contributed by atoms with E-state index in [0.717, 1.165) is 58.5 Å². The summed E-state index contributed by atoms with van der Waals surface area (Å²) in [6, 6.07) is 37.2. The molecule has 1 atom stereocenters. The van der Waals surface area contributed by atoms with Crippen molar-refractivity contribution < 1.29 is 40.8 Å². The van der Waals surface area contributed by atoms with Gasteiger partial charge in [0.1, 0.15) is 11.5 Å². The Balaban J connectivity index is 0.000000204. The molecule has 7 N–H and O–H groups in total. The zero-order valence-corrected chi connectivity index (χ0v) is 49.7. The van der Waals surface area contributed by atoms with Gasteiger partial charge in [0.25, 0.3) is 0 Å². The van der Waals surface area contributed by atoms with Crippen LogP contribution in [0, 0.1) is 37.5 Å². The fourth-order valence-electron chi connectivity index (χ4n) is 10.6. The number of anilines is 5. The number of benzene rings is 5. The summed E-state index contributed by atoms with van der Waals surface area (Å²) < 4.78 is 47.9. The van der Waals surface area contributed by atoms with Crippen molar-refractivity contribution in [3.8, 4) is 5.75 Å². The lowest BCUT2D eigenvalue weighted by Gasteiger charge is -2.36. The van der Waals surface area contributed by atoms with Gasteiger partial charge < -0.3 is 41.0 Å². The van der Waals surface area contributed by atoms with Crippen molar-refractivity contribution in [1.29, 1.82) is 0 Å². The lowest BCUT2D eigenvalue weighted by atomic mass is 9.65. The number of para-hydroxylation sites is 1. The summed E-state index contributed by atoms with van der Waals surface area (Å²) in [5.41, 5.74) is 7.61. The Kier molecular flexibility index (Phi) is 17.8. The maximum atomic E-state index is 14.0. The van der Waals surface area contributed by atoms with Crippen LogP contribution in [0.15, 0.2) is 177 Å². The molecule has 19 nitrogen and oxygen atoms in total. The zero-order chi connectivity index (χ0) is 60.1. The largest absolute Gasteiger partial charge is 0.383 e. The zero-order valence-electron chi connectivity index (χ0n) is 48.1. The molecule has 5 aromatic rings. The van der Waals surface area contributed by atoms with Crippen molar-refractivity contribution in [3.05, 3.63) is 184 Å². The summed E-state index contributed by atoms with van der Waals surface area (Å²) in [5.74, 6) is -0.477. The fraction of sp³-hybridized carbons (Fsp3) is 0.286. The second-order valence-corrected chi connectivity index (χ2v) is 24.6. The number of urea groups is 1. The summed E-state index contributed by atoms with van der Waals surface area (Å²) >= 11 is -2.17. The molecule has 1 saturated carbocycles. The van der Waals surface area contributed by atoms with Gasteiger partial charge in [0, 0.05) is 59.2 Å². The van der Waals surface area contributed by atoms with Gasteiger partial charge >= 0.3 is 17.3 Å². The predicted molar refractivity (Wildman–Crippen MR) is 330 cm³/mol. The Morgan fingerprint density at radius 2 is 1.35 bits per heavy atom. The highest BCUT2D eigenvalue weighted by Crippen LogP contribution is 2.50. The number of hydrogen-bond acceptors (Lipinski definition) is 13. The van der Waals surface area contributed by atoms with Crippen LogP contribution in [0.2, 0.25) is 0 Å². The molecular formula is C63H68N10O9S2. The van der Waals surface area contributed by atoms with Gasteiger partial charge in [-0.25, -0.2) is 22.9 Å². The van der Waals surface area contributed by atoms with Crippen molar-refractivity contribution in [2.45, 2.75) is 74.1 Å². The molecule has 10 rings (SSSR count). The van der Waals surface area contributed by atoms with Gasteiger partial charge in [-0.15, -0.1) is 4.40 Å². The van der Waals surface area contributed by atoms with Crippen LogP contribution in [-0.4, -0.2) is 79.4 Å². The van der Waals surface area contributed by atoms with Gasteiger partial charge in [0.05, 0.1) is 51.3 Å². The van der Waals surface area contributed by atoms with E-state index in [2.05, 4.69) is 47.9 Å². The maximum absolute atomic E-state index is 14.0. The molecule has 2 heterocycles. The molecule has 0 aromatic heterocycles. The summed E-state index contributed by atoms with van der Waals surface area (Å²) in [6.45, 7) is 14.6. The van der Waals surface area contributed by atoms with Gasteiger partial charge in [-0.1, -0.05) is 49.4 Å². The Hall–Kier alpha value is -8.79. The van der Waals surface area contributed by atoms with Crippen molar-refractivity contribution in [2.24, 2.45) is 26.1 Å². The van der Waals surface area contributed by atoms with E-state index in [0.29, 0.717) is 77.3 Å². The van der Waals surface area contributed by atoms with Crippen LogP contribution in [0.25, 0.3) is 0 Å². The smallest absolute Gasteiger partial charge is 0.339 e. The average Bonchev–Trinajstić information content (AvgIpc) is 2.45. The Labute approximate surface area is 492 Å². The second-order valence-electron chi connectivity index (χ2n) is 22.0. The molecule has 2 aliphatic heterocycles. The number of nitrogens with zero attached hydrogens (tertiary/aromatic N) is 3. The molecule has 84 heavy (non-hydrogen) atoms. The van der Waals surface area contributed by atoms with E-state index < -0.39 is 43.9 Å². The minimum Gasteiger partial charge on any atom is -0.383 e. The number of hydrogen-bond donors (Lipinski definition) is 7. The number of allylic oxidation sites excluding steroid dienone is 3. The number of carbonyl (C=O) groups excluding carboxylic acids is 5. The molecule has 0 bridgehead atoms. The van der Waals surface area contributed by atoms with Crippen LogP contribution >= 0.6 is 0 Å². The Morgan fingerprint density at radius 1 is 0.714 bits per heavy atom. The molecular weight excluding hydrogens is 1100 g/mol. The van der Waals surface area contributed by atoms with E-state index in [-0.39, 0.29) is 41.1 Å². The molecule has 0 radical (unpaired) electrons. The molecule has 21 heteroatoms. The van der Waals surface area contributed by atoms with E-state index >= 15 is 0 Å². The van der Waals surface area contributed by atoms with Crippen molar-refractivity contribution in [1.82, 2.24) is 20.7 Å². The number of nitrogens with one attached hydrogen (secondary N) is 7. The monoisotopic (exact) mass is 1170 g/mol. The quantitative estimate of drug-likeness (QED) is 0.0360. The first-order valence-electron chi connectivity index (χ1n) is 27.6. The number of ketones is 2. The van der Waals surface area contributed by atoms with Gasteiger partial charge in [-0.05, 0) is 181 Å². The number of rotatable bonds is 16. The molecule has 1 unspecified atom stereocenters. The van der Waals surface area contributed by atoms with Crippen LogP contribution in [0.5, 0.6) is 5.75 Å². The number of carbonyl (C=O) groups is 5. The van der Waals surface area contributed by atoms with Gasteiger partial charge in [0.15, 0.2) is 0 Å². The molecule has 3 aliphatic carbocycles. The highest BCUT2D eigenvalue weighted by atomic mass is 32.2. The third kappa shape index (κ3) is 13.7. The van der Waals surface area contributed by atoms with Crippen LogP contribution in [-0.2, 0) is 40.5 Å². The third-order valence-electron chi connectivity index (χ3n) is 15.2. The molecule has 5 aromatic carbocycles. The minimum atomic E-state index is -3.28. The first-order chi connectivity index (χ1) is 40.0. The third-order valence-corrected chi connectivity index (χ3v) is 16.6. The average molecular weight is 1170 g/mol. The van der Waals surface area contributed by atoms with Crippen molar-refractivity contribution in [2.75, 3.05) is 46.7 Å². The van der Waals surface area contributed by atoms with Gasteiger partial charge in [0.2, 0.25) is 33.4 Å². The number of Topliss-reactive ketones (excluding diaryl/α,β-unsaturated/α-hetero) is 2. The van der Waals surface area contributed by atoms with Gasteiger partial charge in [-0.2, -0.15) is 4.21 Å². The number of fused-ring (bicyclic) bond motifs is 1. The summed E-state index contributed by atoms with van der Waals surface area (Å²) in [6.07, 6.45) is 6.88. The highest BCUT2D eigenvalue weighted by molar-refractivity contribution is 7.88. The van der Waals surface area contributed by atoms with Gasteiger partial charge in [-0.3, -0.25) is 19.2 Å². The number of amides is 4. The Bertz CT molecular complexity index is 3790. The lowest BCUT2D eigenvalue weighted by Crippen LogP contribution is -2.41. The standard InChI is InChI=1S/C33H40N6O5S.C30H28N4O4S/c1-5-39(18-17-34-45(4,43)44)25-11-9-23(10-12-25)35-26-20-27(37-32(42)36-24-8-6-7-22(3)19-24)30(40)28-29(26)38-31(41)33(28)15-13-21(2)14-16-33;1-18-10-11-19(2)25(16-18)38-39(37)34-24-17-23(27-26(28(24)35)30(3,4)29(36)33-27)32-22-14-12-21(13-15-22)31-20-8-6-5-7-9-20/h6-12,19-21,34H,5,13-18H2,1-4H3,(H,38,41)(H2,36,37,42);5-17,31-32H,1-4H3,(H,33,36). The van der Waals surface area contributed by atoms with Crippen LogP contribution in [0.3, 0.4) is 0 Å². The van der Waals surface area contributed by atoms with E-state index in [4.69, 9.17) is 9.18 Å². The van der Waals surface area contributed by atoms with Crippen LogP contribution in [0.4, 0.5) is 38.9 Å². The first-order valence-corrected chi connectivity index (χ1v) is 30.6. The number of likely N-dealkylation sites (N-methyl/N-ethyl adjacent to an activating group) is 1. The minimum absolute atomic E-state index is 0.0549. The lowest BCUT2D eigenvalue weighted by molar-refractivity contribution is -0.130. The molecule has 436 valence electrons. The Morgan fingerprint density at radius 3 is 2.01 bits per heavy atom. The molecule has 5 aliphatic rings.